The maximum Gasteiger partial charge on any atom is -0.000763 e. The first-order valence-electron chi connectivity index (χ1n) is 14.6. The summed E-state index contributed by atoms with van der Waals surface area (Å²) in [5, 5.41) is 13.2. The van der Waals surface area contributed by atoms with Gasteiger partial charge in [-0.1, -0.05) is 152 Å². The molecule has 42 heavy (non-hydrogen) atoms. The second-order valence-electron chi connectivity index (χ2n) is 11.2. The van der Waals surface area contributed by atoms with Crippen LogP contribution in [0.3, 0.4) is 0 Å². The Labute approximate surface area is 244 Å². The van der Waals surface area contributed by atoms with E-state index in [4.69, 9.17) is 0 Å². The van der Waals surface area contributed by atoms with Gasteiger partial charge in [0.05, 0.1) is 0 Å². The smallest absolute Gasteiger partial charge is 0.000763 e. The average molecular weight is 531 g/mol. The number of benzene rings is 9. The third-order valence-corrected chi connectivity index (χ3v) is 8.98. The lowest BCUT2D eigenvalue weighted by molar-refractivity contribution is 1.60. The van der Waals surface area contributed by atoms with Gasteiger partial charge in [-0.3, -0.25) is 0 Å². The van der Waals surface area contributed by atoms with E-state index in [1.807, 2.05) is 0 Å². The number of rotatable bonds is 3. The SMILES string of the molecule is c1ccc(-c2cc(-c3ccccc3)c3c4cccc5c6ccccc6c6cccc(c3c2-c2ccccc2)c6c54)cc1. The van der Waals surface area contributed by atoms with Gasteiger partial charge < -0.3 is 0 Å². The van der Waals surface area contributed by atoms with Crippen molar-refractivity contribution >= 4 is 53.9 Å². The van der Waals surface area contributed by atoms with Crippen LogP contribution in [0.4, 0.5) is 0 Å². The zero-order chi connectivity index (χ0) is 27.6. The molecule has 0 aliphatic heterocycles. The fourth-order valence-electron chi connectivity index (χ4n) is 7.29. The lowest BCUT2D eigenvalue weighted by Gasteiger charge is -2.23. The monoisotopic (exact) mass is 530 g/mol. The Kier molecular flexibility index (Phi) is 5.00. The largest absolute Gasteiger partial charge is 0.0622 e. The minimum absolute atomic E-state index is 1.23. The third kappa shape index (κ3) is 3.24. The average Bonchev–Trinajstić information content (AvgIpc) is 3.08. The Morgan fingerprint density at radius 1 is 0.238 bits per heavy atom. The van der Waals surface area contributed by atoms with E-state index in [1.54, 1.807) is 0 Å². The molecule has 0 saturated heterocycles. The molecule has 0 radical (unpaired) electrons. The second kappa shape index (κ2) is 9.03. The van der Waals surface area contributed by atoms with Gasteiger partial charge in [0.2, 0.25) is 0 Å². The molecular weight excluding hydrogens is 504 g/mol. The van der Waals surface area contributed by atoms with Gasteiger partial charge in [0.15, 0.2) is 0 Å². The third-order valence-electron chi connectivity index (χ3n) is 8.98. The first-order chi connectivity index (χ1) is 20.9. The van der Waals surface area contributed by atoms with Crippen LogP contribution in [0.1, 0.15) is 0 Å². The summed E-state index contributed by atoms with van der Waals surface area (Å²) in [5.41, 5.74) is 7.52. The molecule has 0 heterocycles. The van der Waals surface area contributed by atoms with Gasteiger partial charge in [0.25, 0.3) is 0 Å². The zero-order valence-corrected chi connectivity index (χ0v) is 23.0. The van der Waals surface area contributed by atoms with Crippen molar-refractivity contribution in [3.8, 4) is 33.4 Å². The van der Waals surface area contributed by atoms with Crippen molar-refractivity contribution in [2.75, 3.05) is 0 Å². The lowest BCUT2D eigenvalue weighted by atomic mass is 9.79. The van der Waals surface area contributed by atoms with Crippen molar-refractivity contribution in [3.63, 3.8) is 0 Å². The van der Waals surface area contributed by atoms with E-state index in [2.05, 4.69) is 158 Å². The molecule has 0 N–H and O–H groups in total. The predicted molar refractivity (Wildman–Crippen MR) is 181 cm³/mol. The Hall–Kier alpha value is -5.46. The van der Waals surface area contributed by atoms with Gasteiger partial charge in [-0.05, 0) is 93.3 Å². The van der Waals surface area contributed by atoms with Crippen LogP contribution < -0.4 is 0 Å². The first kappa shape index (κ1) is 23.3. The maximum absolute atomic E-state index is 2.44. The zero-order valence-electron chi connectivity index (χ0n) is 23.0. The lowest BCUT2D eigenvalue weighted by Crippen LogP contribution is -1.96. The van der Waals surface area contributed by atoms with Crippen molar-refractivity contribution in [2.24, 2.45) is 0 Å². The fraction of sp³-hybridized carbons (Fsp3) is 0. The van der Waals surface area contributed by atoms with E-state index in [0.717, 1.165) is 0 Å². The Morgan fingerprint density at radius 2 is 0.643 bits per heavy atom. The summed E-state index contributed by atoms with van der Waals surface area (Å²) in [6.45, 7) is 0. The minimum atomic E-state index is 1.23. The van der Waals surface area contributed by atoms with E-state index in [9.17, 15) is 0 Å². The molecule has 0 nitrogen and oxygen atoms in total. The summed E-state index contributed by atoms with van der Waals surface area (Å²) in [6.07, 6.45) is 0. The highest BCUT2D eigenvalue weighted by Crippen LogP contribution is 2.51. The normalized spacial score (nSPS) is 11.8. The molecule has 0 amide bonds. The van der Waals surface area contributed by atoms with Crippen LogP contribution >= 0.6 is 0 Å². The highest BCUT2D eigenvalue weighted by atomic mass is 14.3. The Balaban J connectivity index is 1.65. The molecule has 0 aliphatic carbocycles. The molecule has 0 bridgehead atoms. The van der Waals surface area contributed by atoms with Gasteiger partial charge >= 0.3 is 0 Å². The van der Waals surface area contributed by atoms with Gasteiger partial charge in [-0.2, -0.15) is 0 Å². The van der Waals surface area contributed by atoms with Gasteiger partial charge in [-0.25, -0.2) is 0 Å². The molecule has 0 aliphatic rings. The first-order valence-corrected chi connectivity index (χ1v) is 14.6. The Bertz CT molecular complexity index is 2420. The van der Waals surface area contributed by atoms with E-state index >= 15 is 0 Å². The van der Waals surface area contributed by atoms with Crippen LogP contribution in [0.5, 0.6) is 0 Å². The summed E-state index contributed by atoms with van der Waals surface area (Å²) < 4.78 is 0. The van der Waals surface area contributed by atoms with Crippen LogP contribution in [0.2, 0.25) is 0 Å². The number of fused-ring (bicyclic) bond motifs is 6. The summed E-state index contributed by atoms with van der Waals surface area (Å²) >= 11 is 0. The molecule has 9 aromatic carbocycles. The van der Waals surface area contributed by atoms with E-state index < -0.39 is 0 Å². The molecule has 9 rings (SSSR count). The van der Waals surface area contributed by atoms with Crippen LogP contribution in [0.25, 0.3) is 87.2 Å². The van der Waals surface area contributed by atoms with Crippen molar-refractivity contribution in [2.45, 2.75) is 0 Å². The van der Waals surface area contributed by atoms with Crippen molar-refractivity contribution in [3.05, 3.63) is 158 Å². The molecule has 9 aromatic rings. The van der Waals surface area contributed by atoms with Crippen LogP contribution in [-0.2, 0) is 0 Å². The molecule has 0 unspecified atom stereocenters. The van der Waals surface area contributed by atoms with Gasteiger partial charge in [0.1, 0.15) is 0 Å². The van der Waals surface area contributed by atoms with E-state index in [1.165, 1.54) is 87.2 Å². The molecule has 194 valence electrons. The summed E-state index contributed by atoms with van der Waals surface area (Å²) in [7, 11) is 0. The molecule has 0 spiro atoms. The summed E-state index contributed by atoms with van der Waals surface area (Å²) in [4.78, 5) is 0. The highest BCUT2D eigenvalue weighted by molar-refractivity contribution is 6.42. The fourth-order valence-corrected chi connectivity index (χ4v) is 7.29. The van der Waals surface area contributed by atoms with E-state index in [-0.39, 0.29) is 0 Å². The van der Waals surface area contributed by atoms with Crippen LogP contribution in [0, 0.1) is 0 Å². The molecule has 0 fully saturated rings. The van der Waals surface area contributed by atoms with Gasteiger partial charge in [-0.15, -0.1) is 0 Å². The summed E-state index contributed by atoms with van der Waals surface area (Å²) in [5.74, 6) is 0. The van der Waals surface area contributed by atoms with Crippen molar-refractivity contribution < 1.29 is 0 Å². The predicted octanol–water partition coefficient (Wildman–Crippen LogP) is 11.9. The molecule has 0 atom stereocenters. The van der Waals surface area contributed by atoms with Crippen LogP contribution in [0.15, 0.2) is 158 Å². The quantitative estimate of drug-likeness (QED) is 0.157. The molecule has 0 heteroatoms. The number of hydrogen-bond donors (Lipinski definition) is 0. The second-order valence-corrected chi connectivity index (χ2v) is 11.2. The van der Waals surface area contributed by atoms with Gasteiger partial charge in [0, 0.05) is 0 Å². The standard InChI is InChI=1S/C42H26/c1-4-14-27(15-5-1)36-26-37(28-16-6-2-7-17-28)41-34-24-12-22-32-30-20-10-11-21-31(30)33-23-13-25-35(40(33)39(32)34)42(41)38(36)29-18-8-3-9-19-29/h1-26H. The molecule has 0 aromatic heterocycles. The Morgan fingerprint density at radius 3 is 1.19 bits per heavy atom. The molecule has 0 saturated carbocycles. The maximum atomic E-state index is 2.44. The van der Waals surface area contributed by atoms with Crippen molar-refractivity contribution in [1.29, 1.82) is 0 Å². The summed E-state index contributed by atoms with van der Waals surface area (Å²) in [6, 6.07) is 57.9. The minimum Gasteiger partial charge on any atom is -0.0622 e. The highest BCUT2D eigenvalue weighted by Gasteiger charge is 2.23. The molecular formula is C42H26. The van der Waals surface area contributed by atoms with Crippen molar-refractivity contribution in [1.82, 2.24) is 0 Å². The topological polar surface area (TPSA) is 0 Å². The number of hydrogen-bond acceptors (Lipinski definition) is 0. The van der Waals surface area contributed by atoms with Crippen LogP contribution in [-0.4, -0.2) is 0 Å². The van der Waals surface area contributed by atoms with E-state index in [0.29, 0.717) is 0 Å².